The largest absolute Gasteiger partial charge is 0.466 e. The molecule has 1 aliphatic rings. The van der Waals surface area contributed by atoms with E-state index in [-0.39, 0.29) is 0 Å². The number of carbonyl (C=O) groups is 1. The Balaban J connectivity index is 2.56. The van der Waals surface area contributed by atoms with Crippen molar-refractivity contribution in [2.75, 3.05) is 7.11 Å². The van der Waals surface area contributed by atoms with Crippen LogP contribution < -0.4 is 10.6 Å². The van der Waals surface area contributed by atoms with Crippen LogP contribution in [0.4, 0.5) is 0 Å². The molecule has 4 nitrogen and oxygen atoms in total. The van der Waals surface area contributed by atoms with E-state index in [0.29, 0.717) is 27.2 Å². The van der Waals surface area contributed by atoms with Crippen molar-refractivity contribution in [1.82, 2.24) is 10.6 Å². The maximum Gasteiger partial charge on any atom is 0.337 e. The van der Waals surface area contributed by atoms with Gasteiger partial charge in [-0.15, -0.1) is 0 Å². The first-order valence-electron chi connectivity index (χ1n) is 6.81. The topological polar surface area (TPSA) is 50.4 Å². The fourth-order valence-corrected chi connectivity index (χ4v) is 3.14. The summed E-state index contributed by atoms with van der Waals surface area (Å²) in [5.41, 5.74) is 1.97. The lowest BCUT2D eigenvalue weighted by molar-refractivity contribution is -0.136. The van der Waals surface area contributed by atoms with Crippen molar-refractivity contribution in [3.05, 3.63) is 45.1 Å². The first kappa shape index (κ1) is 17.1. The number of methoxy groups -OCH3 is 1. The maximum atomic E-state index is 12.2. The van der Waals surface area contributed by atoms with Gasteiger partial charge in [0, 0.05) is 15.7 Å². The third kappa shape index (κ3) is 3.54. The van der Waals surface area contributed by atoms with Gasteiger partial charge in [-0.2, -0.15) is 0 Å². The highest BCUT2D eigenvalue weighted by atomic mass is 35.5. The summed E-state index contributed by atoms with van der Waals surface area (Å²) in [7, 11) is 1.35. The minimum Gasteiger partial charge on any atom is -0.466 e. The van der Waals surface area contributed by atoms with Gasteiger partial charge in [0.1, 0.15) is 0 Å². The van der Waals surface area contributed by atoms with Crippen molar-refractivity contribution in [3.8, 4) is 0 Å². The standard InChI is InChI=1S/C15H16Cl2N2O2S/c1-3-4-11-12(14(20)21-2)13(19-15(22)18-11)9-6-5-8(16)7-10(9)17/h5-7,13H,3-4H2,1-2H3,(H2,18,19,22)/t13-/m0/s1. The van der Waals surface area contributed by atoms with Gasteiger partial charge in [-0.1, -0.05) is 42.6 Å². The predicted octanol–water partition coefficient (Wildman–Crippen LogP) is 3.74. The zero-order valence-electron chi connectivity index (χ0n) is 12.2. The molecule has 1 aromatic carbocycles. The van der Waals surface area contributed by atoms with E-state index in [1.54, 1.807) is 18.2 Å². The molecule has 0 spiro atoms. The Hall–Kier alpha value is -1.30. The highest BCUT2D eigenvalue weighted by Crippen LogP contribution is 2.34. The Kier molecular flexibility index (Phi) is 5.67. The Morgan fingerprint density at radius 3 is 2.73 bits per heavy atom. The van der Waals surface area contributed by atoms with Gasteiger partial charge in [-0.25, -0.2) is 4.79 Å². The van der Waals surface area contributed by atoms with Crippen LogP contribution in [0.3, 0.4) is 0 Å². The third-order valence-corrected chi connectivity index (χ3v) is 4.11. The van der Waals surface area contributed by atoms with Crippen LogP contribution in [0.1, 0.15) is 31.4 Å². The molecule has 0 bridgehead atoms. The molecule has 0 aromatic heterocycles. The second-order valence-corrected chi connectivity index (χ2v) is 6.08. The average Bonchev–Trinajstić information content (AvgIpc) is 2.46. The van der Waals surface area contributed by atoms with Crippen LogP contribution in [0.2, 0.25) is 10.0 Å². The highest BCUT2D eigenvalue weighted by molar-refractivity contribution is 7.80. The zero-order valence-corrected chi connectivity index (χ0v) is 14.5. The van der Waals surface area contributed by atoms with Gasteiger partial charge in [0.2, 0.25) is 0 Å². The van der Waals surface area contributed by atoms with Crippen molar-refractivity contribution in [3.63, 3.8) is 0 Å². The quantitative estimate of drug-likeness (QED) is 0.634. The molecule has 0 aliphatic carbocycles. The van der Waals surface area contributed by atoms with Crippen LogP contribution in [0.15, 0.2) is 29.5 Å². The Labute approximate surface area is 144 Å². The van der Waals surface area contributed by atoms with Crippen molar-refractivity contribution in [1.29, 1.82) is 0 Å². The molecule has 0 fully saturated rings. The van der Waals surface area contributed by atoms with Crippen LogP contribution in [0.5, 0.6) is 0 Å². The predicted molar refractivity (Wildman–Crippen MR) is 92.0 cm³/mol. The van der Waals surface area contributed by atoms with Crippen LogP contribution in [-0.4, -0.2) is 18.2 Å². The number of nitrogens with one attached hydrogen (secondary N) is 2. The fraction of sp³-hybridized carbons (Fsp3) is 0.333. The minimum absolute atomic E-state index is 0.415. The summed E-state index contributed by atoms with van der Waals surface area (Å²) in [6.07, 6.45) is 1.56. The van der Waals surface area contributed by atoms with Gasteiger partial charge in [-0.05, 0) is 36.3 Å². The summed E-state index contributed by atoms with van der Waals surface area (Å²) in [5.74, 6) is -0.415. The summed E-state index contributed by atoms with van der Waals surface area (Å²) < 4.78 is 4.93. The molecule has 1 atom stereocenters. The van der Waals surface area contributed by atoms with Crippen LogP contribution >= 0.6 is 35.4 Å². The van der Waals surface area contributed by atoms with Crippen molar-refractivity contribution in [2.45, 2.75) is 25.8 Å². The third-order valence-electron chi connectivity index (χ3n) is 3.33. The number of benzene rings is 1. The summed E-state index contributed by atoms with van der Waals surface area (Å²) >= 11 is 17.5. The van der Waals surface area contributed by atoms with E-state index in [1.165, 1.54) is 7.11 Å². The van der Waals surface area contributed by atoms with E-state index >= 15 is 0 Å². The monoisotopic (exact) mass is 358 g/mol. The van der Waals surface area contributed by atoms with Crippen LogP contribution in [0, 0.1) is 0 Å². The Morgan fingerprint density at radius 1 is 1.41 bits per heavy atom. The van der Waals surface area contributed by atoms with Crippen molar-refractivity contribution >= 4 is 46.5 Å². The molecular weight excluding hydrogens is 343 g/mol. The Bertz CT molecular complexity index is 646. The molecule has 22 heavy (non-hydrogen) atoms. The number of thiocarbonyl (C=S) groups is 1. The lowest BCUT2D eigenvalue weighted by Gasteiger charge is -2.31. The number of halogens is 2. The molecule has 0 unspecified atom stereocenters. The summed E-state index contributed by atoms with van der Waals surface area (Å²) in [6.45, 7) is 2.03. The first-order chi connectivity index (χ1) is 10.5. The van der Waals surface area contributed by atoms with E-state index in [0.717, 1.165) is 17.7 Å². The van der Waals surface area contributed by atoms with E-state index < -0.39 is 12.0 Å². The first-order valence-corrected chi connectivity index (χ1v) is 7.98. The number of carbonyl (C=O) groups excluding carboxylic acids is 1. The van der Waals surface area contributed by atoms with Gasteiger partial charge in [0.25, 0.3) is 0 Å². The van der Waals surface area contributed by atoms with E-state index in [2.05, 4.69) is 10.6 Å². The number of hydrogen-bond donors (Lipinski definition) is 2. The molecule has 2 rings (SSSR count). The van der Waals surface area contributed by atoms with E-state index in [9.17, 15) is 4.79 Å². The molecule has 0 saturated heterocycles. The Morgan fingerprint density at radius 2 is 2.14 bits per heavy atom. The number of rotatable bonds is 4. The number of esters is 1. The maximum absolute atomic E-state index is 12.2. The lowest BCUT2D eigenvalue weighted by atomic mass is 9.94. The molecule has 118 valence electrons. The van der Waals surface area contributed by atoms with Gasteiger partial charge in [-0.3, -0.25) is 0 Å². The van der Waals surface area contributed by atoms with Crippen LogP contribution in [-0.2, 0) is 9.53 Å². The number of allylic oxidation sites excluding steroid dienone is 1. The molecular formula is C15H16Cl2N2O2S. The van der Waals surface area contributed by atoms with Crippen LogP contribution in [0.25, 0.3) is 0 Å². The molecule has 0 radical (unpaired) electrons. The number of hydrogen-bond acceptors (Lipinski definition) is 3. The molecule has 1 aromatic rings. The van der Waals surface area contributed by atoms with Crippen molar-refractivity contribution < 1.29 is 9.53 Å². The second-order valence-electron chi connectivity index (χ2n) is 4.83. The molecule has 2 N–H and O–H groups in total. The summed E-state index contributed by atoms with van der Waals surface area (Å²) in [5, 5.41) is 7.57. The lowest BCUT2D eigenvalue weighted by Crippen LogP contribution is -2.45. The van der Waals surface area contributed by atoms with Crippen molar-refractivity contribution in [2.24, 2.45) is 0 Å². The molecule has 0 saturated carbocycles. The van der Waals surface area contributed by atoms with E-state index in [4.69, 9.17) is 40.2 Å². The van der Waals surface area contributed by atoms with Gasteiger partial charge >= 0.3 is 5.97 Å². The second kappa shape index (κ2) is 7.31. The summed E-state index contributed by atoms with van der Waals surface area (Å²) in [4.78, 5) is 12.2. The molecule has 1 aliphatic heterocycles. The van der Waals surface area contributed by atoms with Gasteiger partial charge < -0.3 is 15.4 Å². The minimum atomic E-state index is -0.465. The number of ether oxygens (including phenoxy) is 1. The molecule has 0 amide bonds. The summed E-state index contributed by atoms with van der Waals surface area (Å²) in [6, 6.07) is 4.68. The average molecular weight is 359 g/mol. The molecule has 7 heteroatoms. The fourth-order valence-electron chi connectivity index (χ4n) is 2.39. The highest BCUT2D eigenvalue weighted by Gasteiger charge is 2.32. The van der Waals surface area contributed by atoms with Gasteiger partial charge in [0.15, 0.2) is 5.11 Å². The van der Waals surface area contributed by atoms with E-state index in [1.807, 2.05) is 6.92 Å². The zero-order chi connectivity index (χ0) is 16.3. The normalized spacial score (nSPS) is 17.8. The molecule has 1 heterocycles. The SMILES string of the molecule is CCCC1=C(C(=O)OC)[C@H](c2ccc(Cl)cc2Cl)NC(=S)N1. The smallest absolute Gasteiger partial charge is 0.337 e. The van der Waals surface area contributed by atoms with Gasteiger partial charge in [0.05, 0.1) is 18.7 Å².